The molecule has 1 aromatic heterocycles. The summed E-state index contributed by atoms with van der Waals surface area (Å²) in [6, 6.07) is 8.16. The molecule has 0 aliphatic rings. The number of amides is 1. The van der Waals surface area contributed by atoms with Gasteiger partial charge < -0.3 is 14.9 Å². The van der Waals surface area contributed by atoms with Gasteiger partial charge in [0.15, 0.2) is 6.07 Å². The highest BCUT2D eigenvalue weighted by molar-refractivity contribution is 5.95. The second-order valence-corrected chi connectivity index (χ2v) is 3.06. The molecule has 0 unspecified atom stereocenters. The van der Waals surface area contributed by atoms with E-state index in [-0.39, 0.29) is 23.1 Å². The molecule has 2 rings (SSSR count). The van der Waals surface area contributed by atoms with Crippen LogP contribution in [-0.2, 0) is 0 Å². The van der Waals surface area contributed by atoms with Crippen LogP contribution in [0.25, 0.3) is 0 Å². The Morgan fingerprint density at radius 2 is 2.24 bits per heavy atom. The quantitative estimate of drug-likeness (QED) is 0.857. The number of rotatable bonds is 3. The number of carbonyl (C=O) groups is 1. The summed E-state index contributed by atoms with van der Waals surface area (Å²) in [5, 5.41) is 8.52. The molecular formula is C11H7N3O3. The number of nitrogens with two attached hydrogens (primary N) is 1. The highest BCUT2D eigenvalue weighted by Gasteiger charge is 2.11. The Balaban J connectivity index is 2.30. The van der Waals surface area contributed by atoms with Gasteiger partial charge in [0.05, 0.1) is 5.56 Å². The Morgan fingerprint density at radius 3 is 2.88 bits per heavy atom. The lowest BCUT2D eigenvalue weighted by molar-refractivity contribution is 0.0997. The van der Waals surface area contributed by atoms with Gasteiger partial charge in [0.2, 0.25) is 0 Å². The Kier molecular flexibility index (Phi) is 2.75. The number of hydrogen-bond acceptors (Lipinski definition) is 5. The van der Waals surface area contributed by atoms with E-state index in [1.54, 1.807) is 24.3 Å². The number of aromatic nitrogens is 1. The van der Waals surface area contributed by atoms with Gasteiger partial charge in [-0.1, -0.05) is 12.1 Å². The number of carbonyl (C=O) groups excluding carboxylic acids is 1. The van der Waals surface area contributed by atoms with Crippen molar-refractivity contribution in [3.8, 4) is 17.8 Å². The molecule has 6 heteroatoms. The van der Waals surface area contributed by atoms with Crippen molar-refractivity contribution < 1.29 is 13.9 Å². The molecule has 17 heavy (non-hydrogen) atoms. The minimum Gasteiger partial charge on any atom is -0.424 e. The third-order valence-electron chi connectivity index (χ3n) is 1.94. The summed E-state index contributed by atoms with van der Waals surface area (Å²) in [4.78, 5) is 14.8. The van der Waals surface area contributed by atoms with Crippen molar-refractivity contribution in [2.75, 3.05) is 0 Å². The number of nitriles is 1. The van der Waals surface area contributed by atoms with Crippen LogP contribution in [0.1, 0.15) is 16.2 Å². The third kappa shape index (κ3) is 2.23. The highest BCUT2D eigenvalue weighted by atomic mass is 16.6. The van der Waals surface area contributed by atoms with E-state index in [0.29, 0.717) is 0 Å². The molecule has 1 aromatic carbocycles. The second kappa shape index (κ2) is 4.37. The van der Waals surface area contributed by atoms with Gasteiger partial charge in [-0.15, -0.1) is 0 Å². The van der Waals surface area contributed by atoms with Crippen molar-refractivity contribution in [1.82, 2.24) is 4.98 Å². The zero-order valence-corrected chi connectivity index (χ0v) is 8.58. The molecule has 1 heterocycles. The Hall–Kier alpha value is -2.81. The monoisotopic (exact) mass is 229 g/mol. The lowest BCUT2D eigenvalue weighted by Gasteiger charge is -2.04. The summed E-state index contributed by atoms with van der Waals surface area (Å²) >= 11 is 0. The molecule has 0 fully saturated rings. The van der Waals surface area contributed by atoms with E-state index >= 15 is 0 Å². The molecule has 0 aliphatic heterocycles. The summed E-state index contributed by atoms with van der Waals surface area (Å²) in [6.07, 6.45) is 1.25. The molecule has 0 bridgehead atoms. The van der Waals surface area contributed by atoms with Crippen molar-refractivity contribution in [3.63, 3.8) is 0 Å². The summed E-state index contributed by atoms with van der Waals surface area (Å²) in [5.74, 6) is -0.451. The van der Waals surface area contributed by atoms with Crippen LogP contribution >= 0.6 is 0 Å². The van der Waals surface area contributed by atoms with E-state index in [1.807, 2.05) is 0 Å². The normalized spacial score (nSPS) is 9.59. The molecule has 0 saturated carbocycles. The molecule has 0 spiro atoms. The zero-order chi connectivity index (χ0) is 12.3. The molecule has 0 aliphatic carbocycles. The predicted molar refractivity (Wildman–Crippen MR) is 56.3 cm³/mol. The van der Waals surface area contributed by atoms with Gasteiger partial charge in [-0.3, -0.25) is 4.79 Å². The summed E-state index contributed by atoms with van der Waals surface area (Å²) in [7, 11) is 0. The maximum Gasteiger partial charge on any atom is 0.311 e. The molecule has 0 saturated heterocycles. The van der Waals surface area contributed by atoms with Crippen LogP contribution in [0.2, 0.25) is 0 Å². The maximum absolute atomic E-state index is 11.1. The largest absolute Gasteiger partial charge is 0.424 e. The van der Waals surface area contributed by atoms with E-state index in [4.69, 9.17) is 20.1 Å². The first-order chi connectivity index (χ1) is 8.20. The SMILES string of the molecule is N#Cc1ncc(Oc2ccccc2C(N)=O)o1. The number of nitrogens with zero attached hydrogens (tertiary/aromatic N) is 2. The van der Waals surface area contributed by atoms with E-state index < -0.39 is 5.91 Å². The van der Waals surface area contributed by atoms with Crippen LogP contribution in [0.5, 0.6) is 11.7 Å². The van der Waals surface area contributed by atoms with Crippen LogP contribution < -0.4 is 10.5 Å². The number of benzene rings is 1. The van der Waals surface area contributed by atoms with Crippen molar-refractivity contribution >= 4 is 5.91 Å². The molecule has 0 radical (unpaired) electrons. The van der Waals surface area contributed by atoms with Gasteiger partial charge in [0.1, 0.15) is 11.9 Å². The first-order valence-corrected chi connectivity index (χ1v) is 4.63. The molecule has 1 amide bonds. The van der Waals surface area contributed by atoms with Crippen LogP contribution in [0, 0.1) is 11.3 Å². The topological polar surface area (TPSA) is 102 Å². The summed E-state index contributed by atoms with van der Waals surface area (Å²) < 4.78 is 10.2. The Morgan fingerprint density at radius 1 is 1.47 bits per heavy atom. The van der Waals surface area contributed by atoms with Crippen LogP contribution in [-0.4, -0.2) is 10.9 Å². The number of ether oxygens (including phenoxy) is 1. The van der Waals surface area contributed by atoms with Gasteiger partial charge in [-0.2, -0.15) is 5.26 Å². The number of para-hydroxylation sites is 1. The van der Waals surface area contributed by atoms with Gasteiger partial charge in [0, 0.05) is 0 Å². The minimum atomic E-state index is -0.611. The fourth-order valence-corrected chi connectivity index (χ4v) is 1.23. The van der Waals surface area contributed by atoms with E-state index in [1.165, 1.54) is 12.3 Å². The smallest absolute Gasteiger partial charge is 0.311 e. The van der Waals surface area contributed by atoms with Crippen molar-refractivity contribution in [2.24, 2.45) is 5.73 Å². The number of oxazole rings is 1. The Labute approximate surface area is 96.2 Å². The molecule has 0 atom stereocenters. The average molecular weight is 229 g/mol. The molecule has 84 valence electrons. The first-order valence-electron chi connectivity index (χ1n) is 4.63. The van der Waals surface area contributed by atoms with E-state index in [0.717, 1.165) is 0 Å². The summed E-state index contributed by atoms with van der Waals surface area (Å²) in [6.45, 7) is 0. The van der Waals surface area contributed by atoms with Crippen LogP contribution in [0.4, 0.5) is 0 Å². The fraction of sp³-hybridized carbons (Fsp3) is 0. The zero-order valence-electron chi connectivity index (χ0n) is 8.58. The van der Waals surface area contributed by atoms with Crippen molar-refractivity contribution in [2.45, 2.75) is 0 Å². The Bertz CT molecular complexity index is 598. The number of hydrogen-bond donors (Lipinski definition) is 1. The maximum atomic E-state index is 11.1. The molecule has 6 nitrogen and oxygen atoms in total. The van der Waals surface area contributed by atoms with Crippen molar-refractivity contribution in [3.05, 3.63) is 41.9 Å². The van der Waals surface area contributed by atoms with Gasteiger partial charge in [-0.25, -0.2) is 4.98 Å². The fourth-order valence-electron chi connectivity index (χ4n) is 1.23. The highest BCUT2D eigenvalue weighted by Crippen LogP contribution is 2.25. The van der Waals surface area contributed by atoms with Crippen LogP contribution in [0.15, 0.2) is 34.9 Å². The lowest BCUT2D eigenvalue weighted by atomic mass is 10.2. The average Bonchev–Trinajstić information content (AvgIpc) is 2.77. The van der Waals surface area contributed by atoms with Crippen molar-refractivity contribution in [1.29, 1.82) is 5.26 Å². The standard InChI is InChI=1S/C11H7N3O3/c12-5-9-14-6-10(17-9)16-8-4-2-1-3-7(8)11(13)15/h1-4,6H,(H2,13,15). The molecular weight excluding hydrogens is 222 g/mol. The molecule has 2 aromatic rings. The van der Waals surface area contributed by atoms with E-state index in [2.05, 4.69) is 4.98 Å². The minimum absolute atomic E-state index is 0.0234. The lowest BCUT2D eigenvalue weighted by Crippen LogP contribution is -2.11. The van der Waals surface area contributed by atoms with Crippen LogP contribution in [0.3, 0.4) is 0 Å². The first kappa shape index (κ1) is 10.7. The third-order valence-corrected chi connectivity index (χ3v) is 1.94. The predicted octanol–water partition coefficient (Wildman–Crippen LogP) is 1.44. The van der Waals surface area contributed by atoms with Gasteiger partial charge in [-0.05, 0) is 12.1 Å². The van der Waals surface area contributed by atoms with E-state index in [9.17, 15) is 4.79 Å². The van der Waals surface area contributed by atoms with Gasteiger partial charge in [0.25, 0.3) is 5.91 Å². The molecule has 2 N–H and O–H groups in total. The van der Waals surface area contributed by atoms with Gasteiger partial charge >= 0.3 is 11.8 Å². The number of primary amides is 1. The second-order valence-electron chi connectivity index (χ2n) is 3.06. The summed E-state index contributed by atoms with van der Waals surface area (Å²) in [5.41, 5.74) is 5.41.